The second-order valence-electron chi connectivity index (χ2n) is 9.34. The van der Waals surface area contributed by atoms with Crippen molar-refractivity contribution in [2.45, 2.75) is 39.0 Å². The molecule has 0 spiro atoms. The van der Waals surface area contributed by atoms with Crippen molar-refractivity contribution in [2.24, 2.45) is 12.5 Å². The van der Waals surface area contributed by atoms with Gasteiger partial charge in [-0.25, -0.2) is 0 Å². The van der Waals surface area contributed by atoms with Crippen molar-refractivity contribution in [3.8, 4) is 5.75 Å². The average molecular weight is 455 g/mol. The molecule has 2 aromatic rings. The number of hydrogen-bond donors (Lipinski definition) is 1. The number of fused-ring (bicyclic) bond motifs is 9. The number of aryl methyl sites for hydroxylation is 2. The lowest BCUT2D eigenvalue weighted by atomic mass is 9.75. The van der Waals surface area contributed by atoms with E-state index in [9.17, 15) is 14.7 Å². The van der Waals surface area contributed by atoms with Gasteiger partial charge in [0.25, 0.3) is 11.8 Å². The fraction of sp³-hybridized carbons (Fsp3) is 0.560. The molecule has 4 heterocycles. The highest BCUT2D eigenvalue weighted by atomic mass is 16.5. The van der Waals surface area contributed by atoms with E-state index < -0.39 is 0 Å². The second kappa shape index (κ2) is 9.95. The molecule has 3 aliphatic rings. The summed E-state index contributed by atoms with van der Waals surface area (Å²) in [5, 5.41) is 14.5. The van der Waals surface area contributed by atoms with E-state index in [0.717, 1.165) is 37.8 Å². The normalized spacial score (nSPS) is 19.4. The standard InChI is InChI=1S/C25H34N4O4/c1-19-17-21(26-27(19)2)24(32)28-12-6-5-9-25(18-30)10-13-29(14-11-25)23(31)20-7-3-4-8-22(20)33-16-15-28/h3-4,7-8,17,30H,5-6,9-16,18H2,1-2H3. The number of hydrogen-bond acceptors (Lipinski definition) is 5. The first-order chi connectivity index (χ1) is 15.9. The predicted molar refractivity (Wildman–Crippen MR) is 124 cm³/mol. The maximum atomic E-state index is 13.2. The average Bonchev–Trinajstić information content (AvgIpc) is 3.17. The van der Waals surface area contributed by atoms with Crippen molar-refractivity contribution in [2.75, 3.05) is 39.4 Å². The molecule has 33 heavy (non-hydrogen) atoms. The van der Waals surface area contributed by atoms with Crippen LogP contribution in [-0.4, -0.2) is 75.9 Å². The van der Waals surface area contributed by atoms with Crippen LogP contribution in [0.25, 0.3) is 0 Å². The smallest absolute Gasteiger partial charge is 0.274 e. The number of aliphatic hydroxyl groups excluding tert-OH is 1. The van der Waals surface area contributed by atoms with E-state index in [0.29, 0.717) is 49.8 Å². The topological polar surface area (TPSA) is 87.9 Å². The van der Waals surface area contributed by atoms with Crippen molar-refractivity contribution in [1.82, 2.24) is 19.6 Å². The van der Waals surface area contributed by atoms with Gasteiger partial charge >= 0.3 is 0 Å². The van der Waals surface area contributed by atoms with E-state index in [4.69, 9.17) is 4.74 Å². The molecule has 178 valence electrons. The SMILES string of the molecule is Cc1cc(C(=O)N2CCCCC3(CO)CCN(CC3)C(=O)c3ccccc3OCC2)nn1C. The first-order valence-corrected chi connectivity index (χ1v) is 11.8. The maximum absolute atomic E-state index is 13.2. The van der Waals surface area contributed by atoms with Crippen LogP contribution in [-0.2, 0) is 7.05 Å². The number of rotatable bonds is 2. The molecule has 1 saturated heterocycles. The zero-order valence-electron chi connectivity index (χ0n) is 19.6. The van der Waals surface area contributed by atoms with E-state index in [1.807, 2.05) is 37.1 Å². The van der Waals surface area contributed by atoms with Crippen LogP contribution in [0.1, 0.15) is 58.6 Å². The van der Waals surface area contributed by atoms with Gasteiger partial charge in [0.15, 0.2) is 5.69 Å². The Bertz CT molecular complexity index is 975. The fourth-order valence-corrected chi connectivity index (χ4v) is 4.82. The molecule has 1 N–H and O–H groups in total. The van der Waals surface area contributed by atoms with E-state index in [2.05, 4.69) is 5.10 Å². The van der Waals surface area contributed by atoms with Crippen molar-refractivity contribution in [1.29, 1.82) is 0 Å². The van der Waals surface area contributed by atoms with Crippen LogP contribution >= 0.6 is 0 Å². The lowest BCUT2D eigenvalue weighted by molar-refractivity contribution is 0.0297. The van der Waals surface area contributed by atoms with Gasteiger partial charge in [0.1, 0.15) is 12.4 Å². The molecule has 0 atom stereocenters. The number of aliphatic hydroxyl groups is 1. The van der Waals surface area contributed by atoms with E-state index in [-0.39, 0.29) is 23.8 Å². The summed E-state index contributed by atoms with van der Waals surface area (Å²) in [7, 11) is 1.83. The Morgan fingerprint density at radius 1 is 1.12 bits per heavy atom. The molecule has 5 rings (SSSR count). The highest BCUT2D eigenvalue weighted by Gasteiger charge is 2.36. The van der Waals surface area contributed by atoms with Gasteiger partial charge in [-0.2, -0.15) is 5.10 Å². The quantitative estimate of drug-likeness (QED) is 0.754. The van der Waals surface area contributed by atoms with Crippen molar-refractivity contribution in [3.63, 3.8) is 0 Å². The Kier molecular flexibility index (Phi) is 7.02. The summed E-state index contributed by atoms with van der Waals surface area (Å²) < 4.78 is 7.72. The lowest BCUT2D eigenvalue weighted by Crippen LogP contribution is -2.44. The highest BCUT2D eigenvalue weighted by Crippen LogP contribution is 2.37. The molecule has 1 aromatic heterocycles. The molecule has 0 saturated carbocycles. The Labute approximate surface area is 195 Å². The van der Waals surface area contributed by atoms with E-state index >= 15 is 0 Å². The summed E-state index contributed by atoms with van der Waals surface area (Å²) in [6.07, 6.45) is 4.23. The van der Waals surface area contributed by atoms with Crippen LogP contribution in [0.15, 0.2) is 30.3 Å². The van der Waals surface area contributed by atoms with Crippen LogP contribution in [0.3, 0.4) is 0 Å². The van der Waals surface area contributed by atoms with E-state index in [1.54, 1.807) is 21.7 Å². The Morgan fingerprint density at radius 2 is 1.88 bits per heavy atom. The molecule has 8 heteroatoms. The Balaban J connectivity index is 1.57. The van der Waals surface area contributed by atoms with Gasteiger partial charge in [0.05, 0.1) is 12.1 Å². The van der Waals surface area contributed by atoms with Gasteiger partial charge in [0, 0.05) is 39.0 Å². The number of benzene rings is 1. The third-order valence-corrected chi connectivity index (χ3v) is 7.19. The van der Waals surface area contributed by atoms with Gasteiger partial charge in [-0.15, -0.1) is 0 Å². The monoisotopic (exact) mass is 454 g/mol. The maximum Gasteiger partial charge on any atom is 0.274 e. The molecule has 8 nitrogen and oxygen atoms in total. The third kappa shape index (κ3) is 5.05. The van der Waals surface area contributed by atoms with Crippen LogP contribution < -0.4 is 4.74 Å². The number of amides is 2. The highest BCUT2D eigenvalue weighted by molar-refractivity contribution is 5.97. The minimum Gasteiger partial charge on any atom is -0.491 e. The number of piperidine rings is 1. The van der Waals surface area contributed by atoms with Gasteiger partial charge < -0.3 is 19.6 Å². The largest absolute Gasteiger partial charge is 0.491 e. The molecule has 1 aromatic carbocycles. The lowest BCUT2D eigenvalue weighted by Gasteiger charge is -2.41. The van der Waals surface area contributed by atoms with Crippen molar-refractivity contribution in [3.05, 3.63) is 47.3 Å². The van der Waals surface area contributed by atoms with Gasteiger partial charge in [-0.1, -0.05) is 18.6 Å². The predicted octanol–water partition coefficient (Wildman–Crippen LogP) is 2.65. The van der Waals surface area contributed by atoms with Crippen LogP contribution in [0.5, 0.6) is 5.75 Å². The molecule has 2 bridgehead atoms. The number of aromatic nitrogens is 2. The summed E-state index contributed by atoms with van der Waals surface area (Å²) in [6, 6.07) is 9.10. The van der Waals surface area contributed by atoms with Crippen molar-refractivity contribution >= 4 is 11.8 Å². The minimum absolute atomic E-state index is 0.0381. The van der Waals surface area contributed by atoms with Crippen LogP contribution in [0.4, 0.5) is 0 Å². The Morgan fingerprint density at radius 3 is 2.58 bits per heavy atom. The number of carbonyl (C=O) groups excluding carboxylic acids is 2. The first-order valence-electron chi connectivity index (χ1n) is 11.8. The summed E-state index contributed by atoms with van der Waals surface area (Å²) in [6.45, 7) is 4.63. The number of carbonyl (C=O) groups is 2. The number of para-hydroxylation sites is 1. The zero-order valence-corrected chi connectivity index (χ0v) is 19.6. The second-order valence-corrected chi connectivity index (χ2v) is 9.34. The van der Waals surface area contributed by atoms with Gasteiger partial charge in [0.2, 0.25) is 0 Å². The molecule has 2 amide bonds. The Hall–Kier alpha value is -2.87. The molecular weight excluding hydrogens is 420 g/mol. The third-order valence-electron chi connectivity index (χ3n) is 7.19. The summed E-state index contributed by atoms with van der Waals surface area (Å²) in [5.74, 6) is 0.390. The van der Waals surface area contributed by atoms with Crippen LogP contribution in [0.2, 0.25) is 0 Å². The summed E-state index contributed by atoms with van der Waals surface area (Å²) in [5.41, 5.74) is 1.75. The minimum atomic E-state index is -0.153. The molecule has 0 aliphatic carbocycles. The number of nitrogens with zero attached hydrogens (tertiary/aromatic N) is 4. The summed E-state index contributed by atoms with van der Waals surface area (Å²) in [4.78, 5) is 30.1. The zero-order chi connectivity index (χ0) is 23.4. The molecule has 0 radical (unpaired) electrons. The fourth-order valence-electron chi connectivity index (χ4n) is 4.82. The van der Waals surface area contributed by atoms with Crippen molar-refractivity contribution < 1.29 is 19.4 Å². The molecule has 0 unspecified atom stereocenters. The molecule has 1 fully saturated rings. The van der Waals surface area contributed by atoms with Gasteiger partial charge in [-0.05, 0) is 56.2 Å². The first kappa shape index (κ1) is 23.3. The van der Waals surface area contributed by atoms with E-state index in [1.165, 1.54) is 0 Å². The molecular formula is C25H34N4O4. The number of ether oxygens (including phenoxy) is 1. The van der Waals surface area contributed by atoms with Gasteiger partial charge in [-0.3, -0.25) is 14.3 Å². The molecule has 3 aliphatic heterocycles. The van der Waals surface area contributed by atoms with Crippen LogP contribution in [0, 0.1) is 12.3 Å². The summed E-state index contributed by atoms with van der Waals surface area (Å²) >= 11 is 0.